The standard InChI is InChI=1S/C19H32N4O2/c1-3-18-13-20-19(25-18)15-23(16(2)24)17-7-10-22(14-17)12-11-21-8-5-4-6-9-21/h13,17H,3-12,14-15H2,1-2H3. The minimum Gasteiger partial charge on any atom is -0.444 e. The third kappa shape index (κ3) is 5.05. The van der Waals surface area contributed by atoms with Crippen molar-refractivity contribution in [2.45, 2.75) is 58.5 Å². The molecule has 1 amide bonds. The summed E-state index contributed by atoms with van der Waals surface area (Å²) in [5, 5.41) is 0. The van der Waals surface area contributed by atoms with Gasteiger partial charge in [-0.2, -0.15) is 0 Å². The molecule has 2 aliphatic heterocycles. The van der Waals surface area contributed by atoms with Crippen molar-refractivity contribution in [2.75, 3.05) is 39.3 Å². The van der Waals surface area contributed by atoms with E-state index in [1.165, 1.54) is 32.4 Å². The van der Waals surface area contributed by atoms with Gasteiger partial charge in [-0.05, 0) is 32.4 Å². The van der Waals surface area contributed by atoms with E-state index in [-0.39, 0.29) is 11.9 Å². The molecule has 0 aromatic carbocycles. The monoisotopic (exact) mass is 348 g/mol. The molecular weight excluding hydrogens is 316 g/mol. The largest absolute Gasteiger partial charge is 0.444 e. The molecule has 2 saturated heterocycles. The number of likely N-dealkylation sites (tertiary alicyclic amines) is 2. The van der Waals surface area contributed by atoms with Gasteiger partial charge in [-0.1, -0.05) is 13.3 Å². The van der Waals surface area contributed by atoms with E-state index in [0.717, 1.165) is 44.8 Å². The first-order valence-electron chi connectivity index (χ1n) is 9.81. The number of carbonyl (C=O) groups is 1. The van der Waals surface area contributed by atoms with Gasteiger partial charge in [-0.3, -0.25) is 9.69 Å². The molecule has 1 aromatic heterocycles. The maximum atomic E-state index is 12.2. The SMILES string of the molecule is CCc1cnc(CN(C(C)=O)C2CCN(CCN3CCCCC3)C2)o1. The normalized spacial score (nSPS) is 22.4. The first-order valence-corrected chi connectivity index (χ1v) is 9.81. The average molecular weight is 348 g/mol. The lowest BCUT2D eigenvalue weighted by molar-refractivity contribution is -0.132. The van der Waals surface area contributed by atoms with Gasteiger partial charge in [-0.15, -0.1) is 0 Å². The van der Waals surface area contributed by atoms with Crippen molar-refractivity contribution in [1.82, 2.24) is 19.7 Å². The molecule has 6 nitrogen and oxygen atoms in total. The average Bonchev–Trinajstić information content (AvgIpc) is 3.27. The summed E-state index contributed by atoms with van der Waals surface area (Å²) in [4.78, 5) is 23.5. The summed E-state index contributed by atoms with van der Waals surface area (Å²) >= 11 is 0. The fourth-order valence-electron chi connectivity index (χ4n) is 3.96. The summed E-state index contributed by atoms with van der Waals surface area (Å²) in [5.74, 6) is 1.64. The lowest BCUT2D eigenvalue weighted by atomic mass is 10.1. The minimum atomic E-state index is 0.110. The highest BCUT2D eigenvalue weighted by molar-refractivity contribution is 5.73. The Labute approximate surface area is 151 Å². The smallest absolute Gasteiger partial charge is 0.220 e. The Morgan fingerprint density at radius 1 is 1.24 bits per heavy atom. The molecule has 0 bridgehead atoms. The van der Waals surface area contributed by atoms with E-state index in [9.17, 15) is 4.79 Å². The molecule has 140 valence electrons. The molecule has 1 atom stereocenters. The maximum Gasteiger partial charge on any atom is 0.220 e. The zero-order valence-electron chi connectivity index (χ0n) is 15.7. The fraction of sp³-hybridized carbons (Fsp3) is 0.789. The van der Waals surface area contributed by atoms with Gasteiger partial charge in [0.1, 0.15) is 5.76 Å². The quantitative estimate of drug-likeness (QED) is 0.756. The third-order valence-electron chi connectivity index (χ3n) is 5.53. The summed E-state index contributed by atoms with van der Waals surface area (Å²) in [5.41, 5.74) is 0. The van der Waals surface area contributed by atoms with Crippen molar-refractivity contribution in [3.63, 3.8) is 0 Å². The number of aromatic nitrogens is 1. The molecular formula is C19H32N4O2. The van der Waals surface area contributed by atoms with Crippen molar-refractivity contribution < 1.29 is 9.21 Å². The molecule has 0 spiro atoms. The van der Waals surface area contributed by atoms with Crippen LogP contribution in [0.2, 0.25) is 0 Å². The van der Waals surface area contributed by atoms with Crippen molar-refractivity contribution in [3.8, 4) is 0 Å². The van der Waals surface area contributed by atoms with Crippen LogP contribution >= 0.6 is 0 Å². The van der Waals surface area contributed by atoms with Crippen LogP contribution in [-0.4, -0.2) is 70.9 Å². The second-order valence-corrected chi connectivity index (χ2v) is 7.37. The molecule has 1 aromatic rings. The molecule has 0 radical (unpaired) electrons. The molecule has 3 heterocycles. The van der Waals surface area contributed by atoms with E-state index in [1.807, 2.05) is 11.8 Å². The highest BCUT2D eigenvalue weighted by Crippen LogP contribution is 2.19. The highest BCUT2D eigenvalue weighted by atomic mass is 16.4. The number of carbonyl (C=O) groups excluding carboxylic acids is 1. The Morgan fingerprint density at radius 3 is 2.68 bits per heavy atom. The molecule has 2 aliphatic rings. The van der Waals surface area contributed by atoms with E-state index in [1.54, 1.807) is 13.1 Å². The van der Waals surface area contributed by atoms with E-state index < -0.39 is 0 Å². The van der Waals surface area contributed by atoms with Gasteiger partial charge < -0.3 is 14.2 Å². The van der Waals surface area contributed by atoms with Crippen molar-refractivity contribution >= 4 is 5.91 Å². The fourth-order valence-corrected chi connectivity index (χ4v) is 3.96. The van der Waals surface area contributed by atoms with Gasteiger partial charge in [0.15, 0.2) is 0 Å². The van der Waals surface area contributed by atoms with Crippen LogP contribution < -0.4 is 0 Å². The first-order chi connectivity index (χ1) is 12.2. The topological polar surface area (TPSA) is 52.8 Å². The Hall–Kier alpha value is -1.40. The number of piperidine rings is 1. The predicted octanol–water partition coefficient (Wildman–Crippen LogP) is 2.15. The van der Waals surface area contributed by atoms with Crippen LogP contribution in [0.1, 0.15) is 51.2 Å². The number of amides is 1. The minimum absolute atomic E-state index is 0.110. The van der Waals surface area contributed by atoms with Crippen LogP contribution in [0, 0.1) is 0 Å². The van der Waals surface area contributed by atoms with Gasteiger partial charge >= 0.3 is 0 Å². The number of hydrogen-bond donors (Lipinski definition) is 0. The second kappa shape index (κ2) is 8.81. The number of nitrogens with zero attached hydrogens (tertiary/aromatic N) is 4. The molecule has 0 N–H and O–H groups in total. The summed E-state index contributed by atoms with van der Waals surface area (Å²) in [6.45, 7) is 11.0. The van der Waals surface area contributed by atoms with Crippen molar-refractivity contribution in [1.29, 1.82) is 0 Å². The van der Waals surface area contributed by atoms with Crippen LogP contribution in [0.3, 0.4) is 0 Å². The zero-order chi connectivity index (χ0) is 17.6. The Kier molecular flexibility index (Phi) is 6.48. The van der Waals surface area contributed by atoms with Gasteiger partial charge in [0.25, 0.3) is 0 Å². The van der Waals surface area contributed by atoms with E-state index in [4.69, 9.17) is 4.42 Å². The summed E-state index contributed by atoms with van der Waals surface area (Å²) in [7, 11) is 0. The molecule has 0 aliphatic carbocycles. The zero-order valence-corrected chi connectivity index (χ0v) is 15.7. The third-order valence-corrected chi connectivity index (χ3v) is 5.53. The van der Waals surface area contributed by atoms with E-state index in [0.29, 0.717) is 12.4 Å². The Bertz CT molecular complexity index is 553. The van der Waals surface area contributed by atoms with Gasteiger partial charge in [0.05, 0.1) is 12.7 Å². The highest BCUT2D eigenvalue weighted by Gasteiger charge is 2.30. The molecule has 6 heteroatoms. The molecule has 25 heavy (non-hydrogen) atoms. The van der Waals surface area contributed by atoms with Crippen LogP contribution in [0.4, 0.5) is 0 Å². The summed E-state index contributed by atoms with van der Waals surface area (Å²) < 4.78 is 5.70. The predicted molar refractivity (Wildman–Crippen MR) is 97.2 cm³/mol. The van der Waals surface area contributed by atoms with Crippen LogP contribution in [-0.2, 0) is 17.8 Å². The first kappa shape index (κ1) is 18.4. The number of oxazole rings is 1. The summed E-state index contributed by atoms with van der Waals surface area (Å²) in [6, 6.07) is 0.274. The van der Waals surface area contributed by atoms with Crippen LogP contribution in [0.25, 0.3) is 0 Å². The Morgan fingerprint density at radius 2 is 2.00 bits per heavy atom. The maximum absolute atomic E-state index is 12.2. The number of hydrogen-bond acceptors (Lipinski definition) is 5. The van der Waals surface area contributed by atoms with Gasteiger partial charge in [-0.25, -0.2) is 4.98 Å². The lowest BCUT2D eigenvalue weighted by Gasteiger charge is -2.29. The summed E-state index contributed by atoms with van der Waals surface area (Å²) in [6.07, 6.45) is 7.72. The lowest BCUT2D eigenvalue weighted by Crippen LogP contribution is -2.42. The molecule has 1 unspecified atom stereocenters. The van der Waals surface area contributed by atoms with Gasteiger partial charge in [0, 0.05) is 45.6 Å². The van der Waals surface area contributed by atoms with Crippen LogP contribution in [0.5, 0.6) is 0 Å². The molecule has 3 rings (SSSR count). The van der Waals surface area contributed by atoms with Gasteiger partial charge in [0.2, 0.25) is 11.8 Å². The molecule has 0 saturated carbocycles. The Balaban J connectivity index is 1.49. The second-order valence-electron chi connectivity index (χ2n) is 7.37. The number of aryl methyl sites for hydroxylation is 1. The van der Waals surface area contributed by atoms with E-state index in [2.05, 4.69) is 14.8 Å². The van der Waals surface area contributed by atoms with Crippen molar-refractivity contribution in [3.05, 3.63) is 17.8 Å². The molecule has 2 fully saturated rings. The van der Waals surface area contributed by atoms with E-state index >= 15 is 0 Å². The van der Waals surface area contributed by atoms with Crippen LogP contribution in [0.15, 0.2) is 10.6 Å². The number of rotatable bonds is 7. The van der Waals surface area contributed by atoms with Crippen molar-refractivity contribution in [2.24, 2.45) is 0 Å².